The van der Waals surface area contributed by atoms with Gasteiger partial charge in [-0.15, -0.1) is 0 Å². The maximum atomic E-state index is 11.4. The fraction of sp³-hybridized carbons (Fsp3) is 0.714. The molecule has 1 aliphatic rings. The molecule has 0 amide bonds. The molecule has 2 radical (unpaired) electrons. The van der Waals surface area contributed by atoms with E-state index in [1.54, 1.807) is 0 Å². The third kappa shape index (κ3) is 3.03. The lowest BCUT2D eigenvalue weighted by atomic mass is 10.00. The third-order valence-corrected chi connectivity index (χ3v) is 2.89. The van der Waals surface area contributed by atoms with E-state index < -0.39 is 11.9 Å². The Balaban J connectivity index is 2.62. The smallest absolute Gasteiger partial charge is 0.484 e. The van der Waals surface area contributed by atoms with Gasteiger partial charge in [-0.25, -0.2) is 0 Å². The van der Waals surface area contributed by atoms with Crippen molar-refractivity contribution in [1.82, 2.24) is 4.67 Å². The van der Waals surface area contributed by atoms with E-state index in [9.17, 15) is 9.59 Å². The normalized spacial score (nSPS) is 25.3. The first-order valence-electron chi connectivity index (χ1n) is 4.08. The zero-order chi connectivity index (χ0) is 9.84. The van der Waals surface area contributed by atoms with Gasteiger partial charge >= 0.3 is 16.6 Å². The molecule has 2 atom stereocenters. The molecule has 13 heavy (non-hydrogen) atoms. The Bertz CT molecular complexity index is 224. The van der Waals surface area contributed by atoms with Crippen LogP contribution in [-0.2, 0) is 13.4 Å². The third-order valence-electron chi connectivity index (χ3n) is 2.14. The highest BCUT2D eigenvalue weighted by Crippen LogP contribution is 2.17. The van der Waals surface area contributed by atoms with Crippen LogP contribution in [0.3, 0.4) is 0 Å². The first-order chi connectivity index (χ1) is 6.15. The zero-order valence-corrected chi connectivity index (χ0v) is 9.54. The van der Waals surface area contributed by atoms with E-state index in [1.807, 2.05) is 21.3 Å². The van der Waals surface area contributed by atoms with Crippen LogP contribution in [0.15, 0.2) is 0 Å². The second-order valence-electron chi connectivity index (χ2n) is 3.03. The van der Waals surface area contributed by atoms with Gasteiger partial charge in [0.1, 0.15) is 11.7 Å². The van der Waals surface area contributed by atoms with Gasteiger partial charge in [0.2, 0.25) is 0 Å². The second-order valence-corrected chi connectivity index (χ2v) is 4.00. The Morgan fingerprint density at radius 2 is 2.31 bits per heavy atom. The second kappa shape index (κ2) is 5.07. The molecular formula is C7H11AlNO3P. The summed E-state index contributed by atoms with van der Waals surface area (Å²) in [5.74, 6) is -1.02. The number of Topliss-reactive ketones (excluding diaryl/α,β-unsaturated/α-hetero) is 1. The van der Waals surface area contributed by atoms with Crippen molar-refractivity contribution in [3.05, 3.63) is 0 Å². The number of hydrogen-bond donors (Lipinski definition) is 0. The summed E-state index contributed by atoms with van der Waals surface area (Å²) < 4.78 is 6.45. The molecule has 0 spiro atoms. The van der Waals surface area contributed by atoms with Crippen molar-refractivity contribution in [2.24, 2.45) is 5.92 Å². The summed E-state index contributed by atoms with van der Waals surface area (Å²) in [5, 5.41) is 0. The van der Waals surface area contributed by atoms with Crippen molar-refractivity contribution >= 4 is 37.8 Å². The summed E-state index contributed by atoms with van der Waals surface area (Å²) in [5.41, 5.74) is 0. The monoisotopic (exact) mass is 215 g/mol. The molecule has 1 saturated heterocycles. The highest BCUT2D eigenvalue weighted by atomic mass is 31.0. The van der Waals surface area contributed by atoms with Crippen LogP contribution in [0.4, 0.5) is 0 Å². The van der Waals surface area contributed by atoms with E-state index in [0.717, 1.165) is 6.54 Å². The number of carbonyl (C=O) groups is 2. The van der Waals surface area contributed by atoms with E-state index in [4.69, 9.17) is 0 Å². The van der Waals surface area contributed by atoms with Crippen molar-refractivity contribution in [2.75, 3.05) is 13.1 Å². The predicted octanol–water partition coefficient (Wildman–Crippen LogP) is -0.316. The molecule has 6 heteroatoms. The molecule has 4 nitrogen and oxygen atoms in total. The van der Waals surface area contributed by atoms with Gasteiger partial charge < -0.3 is 3.79 Å². The number of rotatable bonds is 1. The molecule has 0 aromatic heterocycles. The van der Waals surface area contributed by atoms with Crippen LogP contribution in [0.5, 0.6) is 0 Å². The Morgan fingerprint density at radius 3 is 2.92 bits per heavy atom. The van der Waals surface area contributed by atoms with Crippen molar-refractivity contribution in [2.45, 2.75) is 12.8 Å². The van der Waals surface area contributed by atoms with Crippen LogP contribution in [0.2, 0.25) is 0 Å². The van der Waals surface area contributed by atoms with Gasteiger partial charge in [-0.05, 0) is 6.42 Å². The minimum atomic E-state index is -0.567. The first kappa shape index (κ1) is 11.1. The summed E-state index contributed by atoms with van der Waals surface area (Å²) in [6, 6.07) is 0. The van der Waals surface area contributed by atoms with Gasteiger partial charge in [-0.3, -0.25) is 14.3 Å². The Kier molecular flexibility index (Phi) is 4.34. The SMILES string of the molecule is O=C1CCN(P)CCC1C(=O)[O][Al]. The summed E-state index contributed by atoms with van der Waals surface area (Å²) in [6.07, 6.45) is 0.976. The number of carbonyl (C=O) groups excluding carboxylic acids is 2. The summed E-state index contributed by atoms with van der Waals surface area (Å²) in [6.45, 7) is 1.44. The fourth-order valence-electron chi connectivity index (χ4n) is 1.33. The van der Waals surface area contributed by atoms with E-state index in [2.05, 4.69) is 13.2 Å². The maximum absolute atomic E-state index is 11.4. The minimum absolute atomic E-state index is 0.0163. The van der Waals surface area contributed by atoms with Gasteiger partial charge in [-0.2, -0.15) is 0 Å². The van der Waals surface area contributed by atoms with E-state index >= 15 is 0 Å². The van der Waals surface area contributed by atoms with Gasteiger partial charge in [0.25, 0.3) is 5.97 Å². The quantitative estimate of drug-likeness (QED) is 0.342. The Hall–Kier alpha value is 0.0625. The average molecular weight is 215 g/mol. The summed E-state index contributed by atoms with van der Waals surface area (Å²) in [4.78, 5) is 22.6. The number of hydrogen-bond acceptors (Lipinski definition) is 4. The van der Waals surface area contributed by atoms with Crippen LogP contribution in [-0.4, -0.2) is 46.1 Å². The van der Waals surface area contributed by atoms with Gasteiger partial charge in [0.05, 0.1) is 0 Å². The fourth-order valence-corrected chi connectivity index (χ4v) is 1.77. The molecule has 0 N–H and O–H groups in total. The standard InChI is InChI=1S/C7H12NO3P.Al/c9-6-2-4-8(12)3-1-5(6)7(10)11;/h5H,1-4,12H2,(H,10,11);/q;+1/p-1. The molecule has 0 aromatic rings. The number of nitrogens with zero attached hydrogens (tertiary/aromatic N) is 1. The topological polar surface area (TPSA) is 46.6 Å². The highest BCUT2D eigenvalue weighted by molar-refractivity contribution is 7.13. The lowest BCUT2D eigenvalue weighted by Crippen LogP contribution is -2.25. The molecule has 1 heterocycles. The average Bonchev–Trinajstić information content (AvgIpc) is 2.28. The lowest BCUT2D eigenvalue weighted by Gasteiger charge is -2.12. The van der Waals surface area contributed by atoms with E-state index in [-0.39, 0.29) is 5.78 Å². The van der Waals surface area contributed by atoms with Gasteiger partial charge in [0, 0.05) is 19.5 Å². The van der Waals surface area contributed by atoms with Crippen LogP contribution in [0.1, 0.15) is 12.8 Å². The lowest BCUT2D eigenvalue weighted by molar-refractivity contribution is -0.143. The number of ketones is 1. The maximum Gasteiger partial charge on any atom is 0.484 e. The highest BCUT2D eigenvalue weighted by Gasteiger charge is 2.28. The van der Waals surface area contributed by atoms with Crippen molar-refractivity contribution in [1.29, 1.82) is 0 Å². The minimum Gasteiger partial charge on any atom is -0.627 e. The van der Waals surface area contributed by atoms with Crippen LogP contribution < -0.4 is 0 Å². The molecule has 1 rings (SSSR count). The van der Waals surface area contributed by atoms with Crippen molar-refractivity contribution in [3.63, 3.8) is 0 Å². The van der Waals surface area contributed by atoms with Gasteiger partial charge in [0.15, 0.2) is 0 Å². The molecular weight excluding hydrogens is 204 g/mol. The molecule has 0 bridgehead atoms. The van der Waals surface area contributed by atoms with Crippen LogP contribution in [0.25, 0.3) is 0 Å². The zero-order valence-electron chi connectivity index (χ0n) is 7.23. The Labute approximate surface area is 88.0 Å². The summed E-state index contributed by atoms with van der Waals surface area (Å²) >= 11 is 1.89. The van der Waals surface area contributed by atoms with Crippen molar-refractivity contribution in [3.8, 4) is 0 Å². The van der Waals surface area contributed by atoms with E-state index in [0.29, 0.717) is 19.4 Å². The molecule has 0 aromatic carbocycles. The molecule has 70 valence electrons. The molecule has 1 fully saturated rings. The van der Waals surface area contributed by atoms with E-state index in [1.165, 1.54) is 0 Å². The van der Waals surface area contributed by atoms with Crippen molar-refractivity contribution < 1.29 is 13.4 Å². The molecule has 1 aliphatic heterocycles. The van der Waals surface area contributed by atoms with Crippen LogP contribution >= 0.6 is 9.39 Å². The summed E-state index contributed by atoms with van der Waals surface area (Å²) in [7, 11) is 2.54. The predicted molar refractivity (Wildman–Crippen MR) is 50.9 cm³/mol. The molecule has 0 saturated carbocycles. The first-order valence-corrected chi connectivity index (χ1v) is 5.07. The molecule has 0 aliphatic carbocycles. The molecule has 2 unspecified atom stereocenters. The van der Waals surface area contributed by atoms with Gasteiger partial charge in [-0.1, -0.05) is 9.39 Å². The Morgan fingerprint density at radius 1 is 1.62 bits per heavy atom. The van der Waals surface area contributed by atoms with Crippen LogP contribution in [0, 0.1) is 5.92 Å². The largest absolute Gasteiger partial charge is 0.627 e.